The molecule has 0 amide bonds. The van der Waals surface area contributed by atoms with E-state index in [4.69, 9.17) is 4.98 Å². The van der Waals surface area contributed by atoms with E-state index in [-0.39, 0.29) is 5.92 Å². The first-order chi connectivity index (χ1) is 27.8. The van der Waals surface area contributed by atoms with Crippen LogP contribution in [0, 0.1) is 11.8 Å². The Morgan fingerprint density at radius 1 is 0.661 bits per heavy atom. The number of rotatable bonds is 6. The molecule has 6 aliphatic carbocycles. The van der Waals surface area contributed by atoms with Crippen LogP contribution in [-0.2, 0) is 0 Å². The maximum absolute atomic E-state index is 5.34. The van der Waals surface area contributed by atoms with Gasteiger partial charge in [-0.2, -0.15) is 0 Å². The van der Waals surface area contributed by atoms with E-state index < -0.39 is 0 Å². The molecular formula is C53H49N3. The summed E-state index contributed by atoms with van der Waals surface area (Å²) in [6, 6.07) is 21.4. The van der Waals surface area contributed by atoms with Gasteiger partial charge in [0, 0.05) is 45.8 Å². The van der Waals surface area contributed by atoms with Gasteiger partial charge in [-0.1, -0.05) is 121 Å². The molecule has 276 valence electrons. The van der Waals surface area contributed by atoms with Gasteiger partial charge in [0.15, 0.2) is 0 Å². The minimum absolute atomic E-state index is 0.289. The van der Waals surface area contributed by atoms with Crippen LogP contribution in [0.4, 0.5) is 0 Å². The van der Waals surface area contributed by atoms with Gasteiger partial charge in [-0.15, -0.1) is 0 Å². The van der Waals surface area contributed by atoms with E-state index in [1.807, 2.05) is 0 Å². The van der Waals surface area contributed by atoms with Crippen molar-refractivity contribution >= 4 is 27.4 Å². The Kier molecular flexibility index (Phi) is 8.49. The molecule has 1 aliphatic heterocycles. The Morgan fingerprint density at radius 2 is 1.57 bits per heavy atom. The number of para-hydroxylation sites is 1. The number of pyridine rings is 1. The Hall–Kier alpha value is -5.67. The van der Waals surface area contributed by atoms with E-state index in [2.05, 4.69) is 167 Å². The molecule has 2 aromatic carbocycles. The first-order valence-electron chi connectivity index (χ1n) is 21.1. The maximum atomic E-state index is 5.34. The molecule has 2 aromatic heterocycles. The Bertz CT molecular complexity index is 2600. The van der Waals surface area contributed by atoms with Crippen molar-refractivity contribution in [2.24, 2.45) is 11.8 Å². The largest absolute Gasteiger partial charge is 0.341 e. The molecule has 5 atom stereocenters. The van der Waals surface area contributed by atoms with Crippen molar-refractivity contribution in [1.29, 1.82) is 0 Å². The lowest BCUT2D eigenvalue weighted by molar-refractivity contribution is 0.334. The van der Waals surface area contributed by atoms with Gasteiger partial charge in [-0.25, -0.2) is 0 Å². The number of aromatic nitrogens is 2. The molecule has 5 unspecified atom stereocenters. The lowest BCUT2D eigenvalue weighted by Gasteiger charge is -2.36. The third-order valence-electron chi connectivity index (χ3n) is 13.3. The molecule has 0 saturated carbocycles. The summed E-state index contributed by atoms with van der Waals surface area (Å²) in [5, 5.41) is 2.63. The predicted octanol–water partition coefficient (Wildman–Crippen LogP) is 13.2. The standard InChI is InChI=1S/C53H49N3/c1-4-15-36(16-5-1)39-21-14-22-42(31-39)55-50-25-12-10-23-44(50)46-29-27-41(33-53(46)55)40-28-30-52-47(32-40)45-24-11-13-26-51(45)56(52)43-34-48(37-17-6-2-7-18-37)54-49(35-43)38-19-8-3-9-20-38/h2,4,6-7,10-17,19,21-30,32,34-35,37,39,41,44,50H,1,3,5,8-9,18,20,31,33H2. The highest BCUT2D eigenvalue weighted by Crippen LogP contribution is 2.49. The SMILES string of the molecule is C1=CCC(c2cc(-n3c4ccccc4c4cc(C5C=CC6=C(C5)N(C5=CC=CC(C7=CCCC=C7)C5)C5C=CC=CC65)ccc43)cc(C3=CCCCC3)n2)C=C1. The van der Waals surface area contributed by atoms with Gasteiger partial charge in [0.1, 0.15) is 0 Å². The third-order valence-corrected chi connectivity index (χ3v) is 13.3. The minimum atomic E-state index is 0.289. The second kappa shape index (κ2) is 14.1. The molecule has 56 heavy (non-hydrogen) atoms. The zero-order chi connectivity index (χ0) is 37.0. The van der Waals surface area contributed by atoms with Crippen LogP contribution >= 0.6 is 0 Å². The number of nitrogens with zero attached hydrogens (tertiary/aromatic N) is 3. The Morgan fingerprint density at radius 3 is 2.46 bits per heavy atom. The van der Waals surface area contributed by atoms with E-state index in [1.165, 1.54) is 74.0 Å². The van der Waals surface area contributed by atoms with Crippen LogP contribution in [-0.4, -0.2) is 20.5 Å². The van der Waals surface area contributed by atoms with Gasteiger partial charge in [0.25, 0.3) is 0 Å². The summed E-state index contributed by atoms with van der Waals surface area (Å²) in [6.07, 6.45) is 50.1. The van der Waals surface area contributed by atoms with Gasteiger partial charge in [0.2, 0.25) is 0 Å². The smallest absolute Gasteiger partial charge is 0.0682 e. The van der Waals surface area contributed by atoms with Crippen molar-refractivity contribution in [3.05, 3.63) is 197 Å². The van der Waals surface area contributed by atoms with Crippen LogP contribution in [0.5, 0.6) is 0 Å². The second-order valence-corrected chi connectivity index (χ2v) is 16.7. The molecule has 3 nitrogen and oxygen atoms in total. The summed E-state index contributed by atoms with van der Waals surface area (Å²) in [4.78, 5) is 8.07. The average Bonchev–Trinajstić information content (AvgIpc) is 3.79. The van der Waals surface area contributed by atoms with Crippen LogP contribution < -0.4 is 0 Å². The molecular weight excluding hydrogens is 679 g/mol. The monoisotopic (exact) mass is 727 g/mol. The maximum Gasteiger partial charge on any atom is 0.0682 e. The van der Waals surface area contributed by atoms with Crippen molar-refractivity contribution < 1.29 is 0 Å². The van der Waals surface area contributed by atoms with Crippen LogP contribution in [0.3, 0.4) is 0 Å². The number of hydrogen-bond acceptors (Lipinski definition) is 2. The summed E-state index contributed by atoms with van der Waals surface area (Å²) in [7, 11) is 0. The fourth-order valence-electron chi connectivity index (χ4n) is 10.5. The number of allylic oxidation sites excluding steroid dienone is 19. The van der Waals surface area contributed by atoms with Crippen molar-refractivity contribution in [3.63, 3.8) is 0 Å². The number of hydrogen-bond donors (Lipinski definition) is 0. The van der Waals surface area contributed by atoms with Crippen LogP contribution in [0.1, 0.15) is 86.6 Å². The van der Waals surface area contributed by atoms with Crippen molar-refractivity contribution in [3.8, 4) is 5.69 Å². The highest BCUT2D eigenvalue weighted by molar-refractivity contribution is 6.09. The van der Waals surface area contributed by atoms with Gasteiger partial charge in [-0.3, -0.25) is 4.98 Å². The average molecular weight is 728 g/mol. The van der Waals surface area contributed by atoms with Gasteiger partial charge >= 0.3 is 0 Å². The van der Waals surface area contributed by atoms with Crippen molar-refractivity contribution in [1.82, 2.24) is 14.5 Å². The highest BCUT2D eigenvalue weighted by atomic mass is 15.2. The van der Waals surface area contributed by atoms with Gasteiger partial charge < -0.3 is 9.47 Å². The molecule has 4 aromatic rings. The molecule has 0 fully saturated rings. The number of fused-ring (bicyclic) bond motifs is 5. The van der Waals surface area contributed by atoms with Crippen LogP contribution in [0.15, 0.2) is 180 Å². The first-order valence-corrected chi connectivity index (χ1v) is 21.1. The molecule has 3 heteroatoms. The summed E-state index contributed by atoms with van der Waals surface area (Å²) in [6.45, 7) is 0. The van der Waals surface area contributed by atoms with Crippen LogP contribution in [0.2, 0.25) is 0 Å². The summed E-state index contributed by atoms with van der Waals surface area (Å²) in [5.74, 6) is 1.43. The Balaban J connectivity index is 0.969. The molecule has 0 saturated heterocycles. The van der Waals surface area contributed by atoms with Crippen molar-refractivity contribution in [2.75, 3.05) is 0 Å². The van der Waals surface area contributed by atoms with E-state index >= 15 is 0 Å². The molecule has 0 radical (unpaired) electrons. The fourth-order valence-corrected chi connectivity index (χ4v) is 10.5. The van der Waals surface area contributed by atoms with E-state index in [1.54, 1.807) is 0 Å². The summed E-state index contributed by atoms with van der Waals surface area (Å²) >= 11 is 0. The van der Waals surface area contributed by atoms with Gasteiger partial charge in [-0.05, 0) is 116 Å². The van der Waals surface area contributed by atoms with E-state index in [9.17, 15) is 0 Å². The van der Waals surface area contributed by atoms with Crippen molar-refractivity contribution in [2.45, 2.75) is 75.7 Å². The molecule has 0 bridgehead atoms. The van der Waals surface area contributed by atoms with E-state index in [0.717, 1.165) is 56.3 Å². The Labute approximate surface area is 331 Å². The fraction of sp³-hybridized carbons (Fsp3) is 0.264. The third kappa shape index (κ3) is 5.83. The zero-order valence-corrected chi connectivity index (χ0v) is 32.1. The van der Waals surface area contributed by atoms with Crippen LogP contribution in [0.25, 0.3) is 33.1 Å². The predicted molar refractivity (Wildman–Crippen MR) is 233 cm³/mol. The minimum Gasteiger partial charge on any atom is -0.341 e. The molecule has 0 N–H and O–H groups in total. The summed E-state index contributed by atoms with van der Waals surface area (Å²) in [5.41, 5.74) is 14.7. The zero-order valence-electron chi connectivity index (χ0n) is 32.1. The molecule has 0 spiro atoms. The van der Waals surface area contributed by atoms with E-state index in [0.29, 0.717) is 23.8 Å². The topological polar surface area (TPSA) is 21.1 Å². The molecule has 7 aliphatic rings. The molecule has 11 rings (SSSR count). The first kappa shape index (κ1) is 33.6. The lowest BCUT2D eigenvalue weighted by Crippen LogP contribution is -2.33. The number of benzene rings is 2. The summed E-state index contributed by atoms with van der Waals surface area (Å²) < 4.78 is 2.50. The molecule has 3 heterocycles. The highest BCUT2D eigenvalue weighted by Gasteiger charge is 2.41. The quantitative estimate of drug-likeness (QED) is 0.197. The van der Waals surface area contributed by atoms with Gasteiger partial charge in [0.05, 0.1) is 34.2 Å². The lowest BCUT2D eigenvalue weighted by atomic mass is 9.84. The normalized spacial score (nSPS) is 26.5. The second-order valence-electron chi connectivity index (χ2n) is 16.7.